The summed E-state index contributed by atoms with van der Waals surface area (Å²) in [4.78, 5) is 23.8. The van der Waals surface area contributed by atoms with Gasteiger partial charge in [-0.1, -0.05) is 0 Å². The minimum Gasteiger partial charge on any atom is -0.481 e. The van der Waals surface area contributed by atoms with Gasteiger partial charge in [-0.2, -0.15) is 0 Å². The molecular formula is C11H20N2O3. The van der Waals surface area contributed by atoms with Gasteiger partial charge in [0.25, 0.3) is 0 Å². The van der Waals surface area contributed by atoms with Crippen LogP contribution in [0.4, 0.5) is 0 Å². The standard InChI is InChI=1S/C11H20N2O3/c12-7-9-5-6-13(8-9)10(14)3-1-2-4-11(15)16/h9H,1-8,12H2,(H,15,16). The maximum absolute atomic E-state index is 11.7. The topological polar surface area (TPSA) is 83.6 Å². The molecule has 1 atom stereocenters. The Morgan fingerprint density at radius 1 is 1.31 bits per heavy atom. The Bertz CT molecular complexity index is 256. The van der Waals surface area contributed by atoms with Crippen molar-refractivity contribution in [3.05, 3.63) is 0 Å². The molecule has 92 valence electrons. The number of hydrogen-bond acceptors (Lipinski definition) is 3. The zero-order chi connectivity index (χ0) is 12.0. The van der Waals surface area contributed by atoms with Gasteiger partial charge in [-0.3, -0.25) is 9.59 Å². The molecule has 1 fully saturated rings. The summed E-state index contributed by atoms with van der Waals surface area (Å²) in [7, 11) is 0. The van der Waals surface area contributed by atoms with E-state index in [1.807, 2.05) is 4.90 Å². The van der Waals surface area contributed by atoms with E-state index < -0.39 is 5.97 Å². The Morgan fingerprint density at radius 2 is 2.00 bits per heavy atom. The van der Waals surface area contributed by atoms with Crippen LogP contribution in [-0.2, 0) is 9.59 Å². The van der Waals surface area contributed by atoms with Crippen LogP contribution in [0.25, 0.3) is 0 Å². The van der Waals surface area contributed by atoms with E-state index in [1.165, 1.54) is 0 Å². The van der Waals surface area contributed by atoms with Crippen LogP contribution < -0.4 is 5.73 Å². The lowest BCUT2D eigenvalue weighted by atomic mass is 10.1. The summed E-state index contributed by atoms with van der Waals surface area (Å²) < 4.78 is 0. The molecule has 0 saturated carbocycles. The molecule has 0 aromatic heterocycles. The lowest BCUT2D eigenvalue weighted by Crippen LogP contribution is -2.29. The monoisotopic (exact) mass is 228 g/mol. The van der Waals surface area contributed by atoms with Crippen LogP contribution in [0.2, 0.25) is 0 Å². The first-order chi connectivity index (χ1) is 7.63. The summed E-state index contributed by atoms with van der Waals surface area (Å²) in [6.45, 7) is 2.22. The number of likely N-dealkylation sites (tertiary alicyclic amines) is 1. The Labute approximate surface area is 95.6 Å². The number of carboxylic acids is 1. The number of nitrogens with zero attached hydrogens (tertiary/aromatic N) is 1. The molecule has 0 aromatic carbocycles. The number of unbranched alkanes of at least 4 members (excludes halogenated alkanes) is 1. The van der Waals surface area contributed by atoms with Crippen molar-refractivity contribution >= 4 is 11.9 Å². The molecule has 0 bridgehead atoms. The number of carbonyl (C=O) groups excluding carboxylic acids is 1. The fourth-order valence-corrected chi connectivity index (χ4v) is 1.96. The first kappa shape index (κ1) is 13.0. The minimum atomic E-state index is -0.795. The molecule has 16 heavy (non-hydrogen) atoms. The van der Waals surface area contributed by atoms with E-state index in [9.17, 15) is 9.59 Å². The highest BCUT2D eigenvalue weighted by Crippen LogP contribution is 2.16. The molecule has 1 aliphatic rings. The second-order valence-electron chi connectivity index (χ2n) is 4.33. The Morgan fingerprint density at radius 3 is 2.56 bits per heavy atom. The summed E-state index contributed by atoms with van der Waals surface area (Å²) in [5.41, 5.74) is 5.55. The van der Waals surface area contributed by atoms with Crippen molar-refractivity contribution in [2.24, 2.45) is 11.7 Å². The zero-order valence-electron chi connectivity index (χ0n) is 9.52. The molecule has 1 unspecified atom stereocenters. The number of hydrogen-bond donors (Lipinski definition) is 2. The van der Waals surface area contributed by atoms with E-state index in [4.69, 9.17) is 10.8 Å². The molecule has 1 rings (SSSR count). The fraction of sp³-hybridized carbons (Fsp3) is 0.818. The predicted molar refractivity (Wildman–Crippen MR) is 59.8 cm³/mol. The van der Waals surface area contributed by atoms with Gasteiger partial charge in [-0.25, -0.2) is 0 Å². The van der Waals surface area contributed by atoms with Crippen LogP contribution in [0.15, 0.2) is 0 Å². The molecule has 5 heteroatoms. The second-order valence-corrected chi connectivity index (χ2v) is 4.33. The van der Waals surface area contributed by atoms with Gasteiger partial charge in [-0.15, -0.1) is 0 Å². The number of nitrogens with two attached hydrogens (primary N) is 1. The molecule has 0 spiro atoms. The molecular weight excluding hydrogens is 208 g/mol. The zero-order valence-corrected chi connectivity index (χ0v) is 9.52. The number of carbonyl (C=O) groups is 2. The Kier molecular flexibility index (Phi) is 5.25. The molecule has 0 aliphatic carbocycles. The molecule has 1 amide bonds. The fourth-order valence-electron chi connectivity index (χ4n) is 1.96. The van der Waals surface area contributed by atoms with Gasteiger partial charge in [0.2, 0.25) is 5.91 Å². The number of amides is 1. The average molecular weight is 228 g/mol. The lowest BCUT2D eigenvalue weighted by molar-refractivity contribution is -0.137. The van der Waals surface area contributed by atoms with Gasteiger partial charge >= 0.3 is 5.97 Å². The SMILES string of the molecule is NCC1CCN(C(=O)CCCCC(=O)O)C1. The molecule has 5 nitrogen and oxygen atoms in total. The quantitative estimate of drug-likeness (QED) is 0.646. The summed E-state index contributed by atoms with van der Waals surface area (Å²) in [6.07, 6.45) is 2.85. The van der Waals surface area contributed by atoms with Crippen LogP contribution in [0.3, 0.4) is 0 Å². The van der Waals surface area contributed by atoms with Crippen molar-refractivity contribution in [1.82, 2.24) is 4.90 Å². The molecule has 0 radical (unpaired) electrons. The maximum atomic E-state index is 11.7. The van der Waals surface area contributed by atoms with Crippen molar-refractivity contribution in [1.29, 1.82) is 0 Å². The highest BCUT2D eigenvalue weighted by Gasteiger charge is 2.24. The summed E-state index contributed by atoms with van der Waals surface area (Å²) in [6, 6.07) is 0. The van der Waals surface area contributed by atoms with Crippen LogP contribution in [0, 0.1) is 5.92 Å². The normalized spacial score (nSPS) is 20.1. The maximum Gasteiger partial charge on any atom is 0.303 e. The van der Waals surface area contributed by atoms with Crippen molar-refractivity contribution < 1.29 is 14.7 Å². The van der Waals surface area contributed by atoms with E-state index in [2.05, 4.69) is 0 Å². The van der Waals surface area contributed by atoms with E-state index in [0.717, 1.165) is 19.5 Å². The second kappa shape index (κ2) is 6.48. The molecule has 1 aliphatic heterocycles. The summed E-state index contributed by atoms with van der Waals surface area (Å²) >= 11 is 0. The van der Waals surface area contributed by atoms with E-state index in [-0.39, 0.29) is 12.3 Å². The Hall–Kier alpha value is -1.10. The summed E-state index contributed by atoms with van der Waals surface area (Å²) in [5.74, 6) is -0.207. The van der Waals surface area contributed by atoms with E-state index >= 15 is 0 Å². The van der Waals surface area contributed by atoms with Gasteiger partial charge in [0, 0.05) is 25.9 Å². The largest absolute Gasteiger partial charge is 0.481 e. The van der Waals surface area contributed by atoms with E-state index in [0.29, 0.717) is 31.7 Å². The molecule has 3 N–H and O–H groups in total. The first-order valence-electron chi connectivity index (χ1n) is 5.83. The first-order valence-corrected chi connectivity index (χ1v) is 5.83. The molecule has 1 saturated heterocycles. The van der Waals surface area contributed by atoms with Gasteiger partial charge in [0.1, 0.15) is 0 Å². The predicted octanol–water partition coefficient (Wildman–Crippen LogP) is 0.439. The average Bonchev–Trinajstić information content (AvgIpc) is 2.72. The van der Waals surface area contributed by atoms with Gasteiger partial charge in [0.15, 0.2) is 0 Å². The third-order valence-corrected chi connectivity index (χ3v) is 3.00. The van der Waals surface area contributed by atoms with Crippen molar-refractivity contribution in [2.75, 3.05) is 19.6 Å². The van der Waals surface area contributed by atoms with Crippen molar-refractivity contribution in [2.45, 2.75) is 32.1 Å². The van der Waals surface area contributed by atoms with Gasteiger partial charge in [0.05, 0.1) is 0 Å². The lowest BCUT2D eigenvalue weighted by Gasteiger charge is -2.15. The number of carboxylic acid groups (broad SMARTS) is 1. The highest BCUT2D eigenvalue weighted by atomic mass is 16.4. The van der Waals surface area contributed by atoms with Crippen LogP contribution >= 0.6 is 0 Å². The number of rotatable bonds is 6. The third kappa shape index (κ3) is 4.18. The van der Waals surface area contributed by atoms with Crippen molar-refractivity contribution in [3.63, 3.8) is 0 Å². The molecule has 0 aromatic rings. The smallest absolute Gasteiger partial charge is 0.303 e. The van der Waals surface area contributed by atoms with Crippen LogP contribution in [0.1, 0.15) is 32.1 Å². The number of aliphatic carboxylic acids is 1. The van der Waals surface area contributed by atoms with E-state index in [1.54, 1.807) is 0 Å². The summed E-state index contributed by atoms with van der Waals surface area (Å²) in [5, 5.41) is 8.45. The minimum absolute atomic E-state index is 0.140. The molecule has 1 heterocycles. The highest BCUT2D eigenvalue weighted by molar-refractivity contribution is 5.76. The van der Waals surface area contributed by atoms with Gasteiger partial charge in [-0.05, 0) is 31.7 Å². The van der Waals surface area contributed by atoms with Crippen LogP contribution in [-0.4, -0.2) is 41.5 Å². The van der Waals surface area contributed by atoms with Gasteiger partial charge < -0.3 is 15.7 Å². The Balaban J connectivity index is 2.13. The third-order valence-electron chi connectivity index (χ3n) is 3.00. The van der Waals surface area contributed by atoms with Crippen LogP contribution in [0.5, 0.6) is 0 Å². The van der Waals surface area contributed by atoms with Crippen molar-refractivity contribution in [3.8, 4) is 0 Å².